The second kappa shape index (κ2) is 5.74. The van der Waals surface area contributed by atoms with E-state index in [0.29, 0.717) is 13.1 Å². The van der Waals surface area contributed by atoms with Gasteiger partial charge in [0.2, 0.25) is 5.91 Å². The lowest BCUT2D eigenvalue weighted by Crippen LogP contribution is -2.48. The summed E-state index contributed by atoms with van der Waals surface area (Å²) in [6.45, 7) is 7.42. The summed E-state index contributed by atoms with van der Waals surface area (Å²) >= 11 is 0. The lowest BCUT2D eigenvalue weighted by molar-refractivity contribution is -0.129. The molecule has 1 heterocycles. The molecule has 2 N–H and O–H groups in total. The van der Waals surface area contributed by atoms with Gasteiger partial charge in [0.1, 0.15) is 0 Å². The molecule has 3 atom stereocenters. The highest BCUT2D eigenvalue weighted by Crippen LogP contribution is 2.46. The molecule has 0 spiro atoms. The smallest absolute Gasteiger partial charge is 0.302 e. The van der Waals surface area contributed by atoms with Gasteiger partial charge in [0.25, 0.3) is 0 Å². The highest BCUT2D eigenvalue weighted by atomic mass is 32.3. The Morgan fingerprint density at radius 1 is 1.32 bits per heavy atom. The zero-order chi connectivity index (χ0) is 16.8. The van der Waals surface area contributed by atoms with Crippen molar-refractivity contribution in [3.8, 4) is 0 Å². The molecule has 1 saturated carbocycles. The summed E-state index contributed by atoms with van der Waals surface area (Å²) < 4.78 is 34.3. The Labute approximate surface area is 132 Å². The van der Waals surface area contributed by atoms with E-state index in [1.54, 1.807) is 4.90 Å². The maximum Gasteiger partial charge on any atom is 0.302 e. The van der Waals surface area contributed by atoms with E-state index in [9.17, 15) is 17.1 Å². The van der Waals surface area contributed by atoms with Crippen molar-refractivity contribution in [2.45, 2.75) is 52.5 Å². The van der Waals surface area contributed by atoms with Crippen LogP contribution in [0.2, 0.25) is 0 Å². The van der Waals surface area contributed by atoms with Crippen LogP contribution in [0, 0.1) is 16.7 Å². The highest BCUT2D eigenvalue weighted by Gasteiger charge is 2.43. The zero-order valence-electron chi connectivity index (χ0n) is 13.6. The third-order valence-corrected chi connectivity index (χ3v) is 5.65. The van der Waals surface area contributed by atoms with Crippen molar-refractivity contribution in [1.29, 1.82) is 0 Å². The zero-order valence-corrected chi connectivity index (χ0v) is 14.5. The third-order valence-electron chi connectivity index (χ3n) is 4.78. The van der Waals surface area contributed by atoms with Crippen LogP contribution in [0.15, 0.2) is 0 Å². The van der Waals surface area contributed by atoms with E-state index in [2.05, 4.69) is 20.8 Å². The summed E-state index contributed by atoms with van der Waals surface area (Å²) in [4.78, 5) is 13.8. The standard InChI is InChI=1S/C15H27FN2O3S/c1-14(2)5-12(17)6-15(3,9-14)10-18-7-11(4-13(18)19)8-22(16,20)21/h11-12H,4-10,17H2,1-3H3. The van der Waals surface area contributed by atoms with E-state index >= 15 is 0 Å². The lowest BCUT2D eigenvalue weighted by atomic mass is 9.62. The first-order valence-corrected chi connectivity index (χ1v) is 9.39. The fourth-order valence-corrected chi connectivity index (χ4v) is 5.48. The van der Waals surface area contributed by atoms with Crippen molar-refractivity contribution in [2.24, 2.45) is 22.5 Å². The average Bonchev–Trinajstić information content (AvgIpc) is 2.50. The SMILES string of the molecule is CC1(C)CC(N)CC(C)(CN2CC(CS(=O)(=O)F)CC2=O)C1. The molecule has 0 aromatic heterocycles. The first-order valence-electron chi connectivity index (χ1n) is 7.83. The summed E-state index contributed by atoms with van der Waals surface area (Å²) in [6.07, 6.45) is 2.92. The summed E-state index contributed by atoms with van der Waals surface area (Å²) in [5.74, 6) is -1.07. The second-order valence-electron chi connectivity index (χ2n) is 8.37. The first kappa shape index (κ1) is 17.7. The molecule has 2 aliphatic rings. The largest absolute Gasteiger partial charge is 0.342 e. The number of amides is 1. The van der Waals surface area contributed by atoms with Crippen molar-refractivity contribution < 1.29 is 17.1 Å². The van der Waals surface area contributed by atoms with Crippen LogP contribution in [0.4, 0.5) is 3.89 Å². The number of nitrogens with two attached hydrogens (primary N) is 1. The van der Waals surface area contributed by atoms with Crippen molar-refractivity contribution in [1.82, 2.24) is 4.90 Å². The Bertz CT molecular complexity index is 549. The maximum atomic E-state index is 12.8. The molecular formula is C15H27FN2O3S. The van der Waals surface area contributed by atoms with Crippen LogP contribution < -0.4 is 5.73 Å². The topological polar surface area (TPSA) is 80.5 Å². The molecule has 128 valence electrons. The van der Waals surface area contributed by atoms with E-state index < -0.39 is 21.9 Å². The fourth-order valence-electron chi connectivity index (χ4n) is 4.70. The van der Waals surface area contributed by atoms with Gasteiger partial charge in [0, 0.05) is 31.5 Å². The van der Waals surface area contributed by atoms with Crippen LogP contribution >= 0.6 is 0 Å². The lowest BCUT2D eigenvalue weighted by Gasteiger charge is -2.47. The van der Waals surface area contributed by atoms with Gasteiger partial charge in [0.15, 0.2) is 0 Å². The Hall–Kier alpha value is -0.690. The molecule has 0 aromatic carbocycles. The van der Waals surface area contributed by atoms with E-state index in [1.165, 1.54) is 0 Å². The molecule has 1 aliphatic heterocycles. The predicted molar refractivity (Wildman–Crippen MR) is 83.3 cm³/mol. The van der Waals surface area contributed by atoms with E-state index in [4.69, 9.17) is 5.73 Å². The number of halogens is 1. The number of hydrogen-bond acceptors (Lipinski definition) is 4. The summed E-state index contributed by atoms with van der Waals surface area (Å²) in [5.41, 5.74) is 6.24. The van der Waals surface area contributed by atoms with Crippen molar-refractivity contribution in [3.63, 3.8) is 0 Å². The maximum absolute atomic E-state index is 12.8. The molecule has 5 nitrogen and oxygen atoms in total. The molecule has 1 aliphatic carbocycles. The molecule has 0 aromatic rings. The van der Waals surface area contributed by atoms with Gasteiger partial charge in [-0.05, 0) is 30.1 Å². The van der Waals surface area contributed by atoms with Gasteiger partial charge in [-0.25, -0.2) is 0 Å². The average molecular weight is 334 g/mol. The van der Waals surface area contributed by atoms with Crippen LogP contribution in [0.5, 0.6) is 0 Å². The third kappa shape index (κ3) is 4.65. The van der Waals surface area contributed by atoms with Crippen LogP contribution in [-0.2, 0) is 15.0 Å². The van der Waals surface area contributed by atoms with Crippen molar-refractivity contribution in [2.75, 3.05) is 18.8 Å². The molecule has 7 heteroatoms. The van der Waals surface area contributed by atoms with E-state index in [0.717, 1.165) is 19.3 Å². The van der Waals surface area contributed by atoms with Crippen molar-refractivity contribution >= 4 is 16.1 Å². The first-order chi connectivity index (χ1) is 9.88. The van der Waals surface area contributed by atoms with Crippen LogP contribution in [0.3, 0.4) is 0 Å². The normalized spacial score (nSPS) is 35.9. The number of nitrogens with zero attached hydrogens (tertiary/aromatic N) is 1. The number of likely N-dealkylation sites (tertiary alicyclic amines) is 1. The van der Waals surface area contributed by atoms with Crippen molar-refractivity contribution in [3.05, 3.63) is 0 Å². The Morgan fingerprint density at radius 3 is 2.50 bits per heavy atom. The molecule has 1 saturated heterocycles. The predicted octanol–water partition coefficient (Wildman–Crippen LogP) is 1.68. The summed E-state index contributed by atoms with van der Waals surface area (Å²) in [5, 5.41) is 0. The minimum absolute atomic E-state index is 0.0691. The Kier molecular flexibility index (Phi) is 4.61. The minimum Gasteiger partial charge on any atom is -0.342 e. The molecule has 1 amide bonds. The quantitative estimate of drug-likeness (QED) is 0.793. The van der Waals surface area contributed by atoms with E-state index in [-0.39, 0.29) is 29.2 Å². The summed E-state index contributed by atoms with van der Waals surface area (Å²) in [7, 11) is -4.53. The van der Waals surface area contributed by atoms with Crippen LogP contribution in [0.1, 0.15) is 46.5 Å². The van der Waals surface area contributed by atoms with Gasteiger partial charge < -0.3 is 10.6 Å². The Morgan fingerprint density at radius 2 is 1.95 bits per heavy atom. The van der Waals surface area contributed by atoms with Gasteiger partial charge in [-0.15, -0.1) is 3.89 Å². The number of carbonyl (C=O) groups excluding carboxylic acids is 1. The van der Waals surface area contributed by atoms with Gasteiger partial charge in [0.05, 0.1) is 5.75 Å². The summed E-state index contributed by atoms with van der Waals surface area (Å²) in [6, 6.07) is 0.119. The highest BCUT2D eigenvalue weighted by molar-refractivity contribution is 7.86. The molecule has 22 heavy (non-hydrogen) atoms. The fraction of sp³-hybridized carbons (Fsp3) is 0.933. The molecule has 0 radical (unpaired) electrons. The molecule has 2 rings (SSSR count). The van der Waals surface area contributed by atoms with Gasteiger partial charge in [-0.2, -0.15) is 8.42 Å². The van der Waals surface area contributed by atoms with Crippen LogP contribution in [-0.4, -0.2) is 44.1 Å². The van der Waals surface area contributed by atoms with Crippen LogP contribution in [0.25, 0.3) is 0 Å². The van der Waals surface area contributed by atoms with Gasteiger partial charge >= 0.3 is 10.2 Å². The van der Waals surface area contributed by atoms with Gasteiger partial charge in [-0.3, -0.25) is 4.79 Å². The molecular weight excluding hydrogens is 307 g/mol. The number of carbonyl (C=O) groups is 1. The minimum atomic E-state index is -4.53. The molecule has 2 fully saturated rings. The number of hydrogen-bond donors (Lipinski definition) is 1. The Balaban J connectivity index is 2.02. The molecule has 3 unspecified atom stereocenters. The molecule has 0 bridgehead atoms. The second-order valence-corrected chi connectivity index (χ2v) is 9.78. The monoisotopic (exact) mass is 334 g/mol. The van der Waals surface area contributed by atoms with E-state index in [1.807, 2.05) is 0 Å². The number of rotatable bonds is 4. The van der Waals surface area contributed by atoms with Gasteiger partial charge in [-0.1, -0.05) is 20.8 Å².